The van der Waals surface area contributed by atoms with E-state index in [1.54, 1.807) is 18.2 Å². The number of carbonyl (C=O) groups is 2. The molecule has 1 aromatic rings. The van der Waals surface area contributed by atoms with E-state index in [4.69, 9.17) is 6.42 Å². The molecule has 0 radical (unpaired) electrons. The highest BCUT2D eigenvalue weighted by molar-refractivity contribution is 6.21. The lowest BCUT2D eigenvalue weighted by Crippen LogP contribution is -2.24. The summed E-state index contributed by atoms with van der Waals surface area (Å²) in [7, 11) is 1.49. The Labute approximate surface area is 106 Å². The number of fused-ring (bicyclic) bond motifs is 1. The monoisotopic (exact) mass is 242 g/mol. The first kappa shape index (κ1) is 12.2. The quantitative estimate of drug-likeness (QED) is 0.497. The average Bonchev–Trinajstić information content (AvgIpc) is 2.60. The Morgan fingerprint density at radius 1 is 1.28 bits per heavy atom. The van der Waals surface area contributed by atoms with Gasteiger partial charge in [0.05, 0.1) is 11.1 Å². The summed E-state index contributed by atoms with van der Waals surface area (Å²) in [6.07, 6.45) is 6.76. The molecule has 1 heterocycles. The molecule has 18 heavy (non-hydrogen) atoms. The van der Waals surface area contributed by atoms with E-state index < -0.39 is 0 Å². The summed E-state index contributed by atoms with van der Waals surface area (Å²) in [6.45, 7) is 0.751. The van der Waals surface area contributed by atoms with Crippen LogP contribution in [0.3, 0.4) is 0 Å². The van der Waals surface area contributed by atoms with Crippen LogP contribution in [0.5, 0.6) is 0 Å². The van der Waals surface area contributed by atoms with Gasteiger partial charge in [0.15, 0.2) is 0 Å². The molecular weight excluding hydrogens is 228 g/mol. The standard InChI is InChI=1S/C14H14N2O2/c1-3-4-5-8-15-10-6-7-11-12(9-10)14(18)16(2)13(11)17/h1,6-7,9,15H,4-5,8H2,2H3. The predicted molar refractivity (Wildman–Crippen MR) is 69.4 cm³/mol. The van der Waals surface area contributed by atoms with Crippen LogP contribution in [0.15, 0.2) is 18.2 Å². The summed E-state index contributed by atoms with van der Waals surface area (Å²) in [5.41, 5.74) is 1.77. The summed E-state index contributed by atoms with van der Waals surface area (Å²) in [5, 5.41) is 3.18. The van der Waals surface area contributed by atoms with Crippen molar-refractivity contribution in [1.29, 1.82) is 0 Å². The van der Waals surface area contributed by atoms with Gasteiger partial charge in [-0.3, -0.25) is 14.5 Å². The van der Waals surface area contributed by atoms with Gasteiger partial charge in [-0.15, -0.1) is 12.3 Å². The molecule has 1 N–H and O–H groups in total. The second-order valence-corrected chi connectivity index (χ2v) is 4.16. The highest BCUT2D eigenvalue weighted by atomic mass is 16.2. The number of anilines is 1. The number of terminal acetylenes is 1. The lowest BCUT2D eigenvalue weighted by atomic mass is 10.1. The van der Waals surface area contributed by atoms with Crippen molar-refractivity contribution in [3.8, 4) is 12.3 Å². The van der Waals surface area contributed by atoms with Gasteiger partial charge in [-0.1, -0.05) is 0 Å². The maximum atomic E-state index is 11.8. The van der Waals surface area contributed by atoms with Gasteiger partial charge in [0.25, 0.3) is 11.8 Å². The summed E-state index contributed by atoms with van der Waals surface area (Å²) in [5.74, 6) is 2.08. The van der Waals surface area contributed by atoms with Gasteiger partial charge < -0.3 is 5.32 Å². The first-order valence-corrected chi connectivity index (χ1v) is 5.79. The molecule has 0 atom stereocenters. The number of hydrogen-bond acceptors (Lipinski definition) is 3. The van der Waals surface area contributed by atoms with E-state index in [-0.39, 0.29) is 11.8 Å². The van der Waals surface area contributed by atoms with Gasteiger partial charge in [0.2, 0.25) is 0 Å². The fraction of sp³-hybridized carbons (Fsp3) is 0.286. The summed E-state index contributed by atoms with van der Waals surface area (Å²) in [4.78, 5) is 24.6. The second-order valence-electron chi connectivity index (χ2n) is 4.16. The number of hydrogen-bond donors (Lipinski definition) is 1. The first-order chi connectivity index (χ1) is 8.65. The van der Waals surface area contributed by atoms with Crippen molar-refractivity contribution in [2.75, 3.05) is 18.9 Å². The van der Waals surface area contributed by atoms with Gasteiger partial charge in [0, 0.05) is 25.7 Å². The van der Waals surface area contributed by atoms with Crippen LogP contribution in [-0.2, 0) is 0 Å². The summed E-state index contributed by atoms with van der Waals surface area (Å²) >= 11 is 0. The number of amides is 2. The Balaban J connectivity index is 2.12. The van der Waals surface area contributed by atoms with Crippen LogP contribution in [-0.4, -0.2) is 30.3 Å². The minimum atomic E-state index is -0.248. The van der Waals surface area contributed by atoms with Crippen molar-refractivity contribution in [2.24, 2.45) is 0 Å². The molecule has 0 fully saturated rings. The van der Waals surface area contributed by atoms with Crippen LogP contribution in [0.25, 0.3) is 0 Å². The van der Waals surface area contributed by atoms with Crippen molar-refractivity contribution in [3.05, 3.63) is 29.3 Å². The minimum absolute atomic E-state index is 0.242. The molecule has 0 aliphatic carbocycles. The molecule has 0 bridgehead atoms. The Hall–Kier alpha value is -2.28. The fourth-order valence-corrected chi connectivity index (χ4v) is 1.89. The van der Waals surface area contributed by atoms with Gasteiger partial charge in [-0.2, -0.15) is 0 Å². The van der Waals surface area contributed by atoms with Crippen molar-refractivity contribution >= 4 is 17.5 Å². The maximum absolute atomic E-state index is 11.8. The maximum Gasteiger partial charge on any atom is 0.261 e. The normalized spacial score (nSPS) is 13.4. The zero-order valence-electron chi connectivity index (χ0n) is 10.2. The van der Waals surface area contributed by atoms with Crippen LogP contribution in [0, 0.1) is 12.3 Å². The molecule has 2 rings (SSSR count). The van der Waals surface area contributed by atoms with E-state index in [1.807, 2.05) is 0 Å². The number of benzene rings is 1. The molecule has 0 saturated carbocycles. The van der Waals surface area contributed by atoms with Gasteiger partial charge >= 0.3 is 0 Å². The van der Waals surface area contributed by atoms with E-state index in [9.17, 15) is 9.59 Å². The van der Waals surface area contributed by atoms with E-state index in [0.29, 0.717) is 11.1 Å². The summed E-state index contributed by atoms with van der Waals surface area (Å²) in [6, 6.07) is 5.20. The van der Waals surface area contributed by atoms with E-state index in [0.717, 1.165) is 30.0 Å². The van der Waals surface area contributed by atoms with Crippen molar-refractivity contribution in [3.63, 3.8) is 0 Å². The molecule has 4 nitrogen and oxygen atoms in total. The molecule has 92 valence electrons. The topological polar surface area (TPSA) is 49.4 Å². The van der Waals surface area contributed by atoms with E-state index in [2.05, 4.69) is 11.2 Å². The number of nitrogens with zero attached hydrogens (tertiary/aromatic N) is 1. The van der Waals surface area contributed by atoms with Crippen LogP contribution >= 0.6 is 0 Å². The molecule has 4 heteroatoms. The predicted octanol–water partition coefficient (Wildman–Crippen LogP) is 1.74. The fourth-order valence-electron chi connectivity index (χ4n) is 1.89. The van der Waals surface area contributed by atoms with E-state index in [1.165, 1.54) is 7.05 Å². The number of rotatable bonds is 4. The molecule has 0 spiro atoms. The minimum Gasteiger partial charge on any atom is -0.385 e. The Morgan fingerprint density at radius 3 is 2.72 bits per heavy atom. The Morgan fingerprint density at radius 2 is 2.00 bits per heavy atom. The Kier molecular flexibility index (Phi) is 3.33. The number of nitrogens with one attached hydrogen (secondary N) is 1. The van der Waals surface area contributed by atoms with Crippen molar-refractivity contribution < 1.29 is 9.59 Å². The Bertz CT molecular complexity index is 543. The third-order valence-electron chi connectivity index (χ3n) is 2.92. The zero-order chi connectivity index (χ0) is 13.1. The van der Waals surface area contributed by atoms with Crippen LogP contribution < -0.4 is 5.32 Å². The molecule has 1 aliphatic heterocycles. The molecule has 0 saturated heterocycles. The SMILES string of the molecule is C#CCCCNc1ccc2c(c1)C(=O)N(C)C2=O. The molecule has 1 aromatic carbocycles. The lowest BCUT2D eigenvalue weighted by Gasteiger charge is -2.06. The second kappa shape index (κ2) is 4.92. The van der Waals surface area contributed by atoms with Crippen LogP contribution in [0.1, 0.15) is 33.6 Å². The molecule has 0 aromatic heterocycles. The zero-order valence-corrected chi connectivity index (χ0v) is 10.2. The molecule has 0 unspecified atom stereocenters. The van der Waals surface area contributed by atoms with Crippen LogP contribution in [0.2, 0.25) is 0 Å². The highest BCUT2D eigenvalue weighted by Crippen LogP contribution is 2.24. The highest BCUT2D eigenvalue weighted by Gasteiger charge is 2.32. The van der Waals surface area contributed by atoms with Gasteiger partial charge in [-0.05, 0) is 24.6 Å². The van der Waals surface area contributed by atoms with Gasteiger partial charge in [0.1, 0.15) is 0 Å². The first-order valence-electron chi connectivity index (χ1n) is 5.79. The van der Waals surface area contributed by atoms with Gasteiger partial charge in [-0.25, -0.2) is 0 Å². The van der Waals surface area contributed by atoms with Crippen LogP contribution in [0.4, 0.5) is 5.69 Å². The largest absolute Gasteiger partial charge is 0.385 e. The molecule has 2 amide bonds. The molecule has 1 aliphatic rings. The third-order valence-corrected chi connectivity index (χ3v) is 2.92. The average molecular weight is 242 g/mol. The number of unbranched alkanes of at least 4 members (excludes halogenated alkanes) is 1. The molecular formula is C14H14N2O2. The third kappa shape index (κ3) is 2.07. The summed E-state index contributed by atoms with van der Waals surface area (Å²) < 4.78 is 0. The number of imide groups is 1. The van der Waals surface area contributed by atoms with E-state index >= 15 is 0 Å². The lowest BCUT2D eigenvalue weighted by molar-refractivity contribution is 0.0693. The van der Waals surface area contributed by atoms with Crippen molar-refractivity contribution in [1.82, 2.24) is 4.90 Å². The van der Waals surface area contributed by atoms with Crippen molar-refractivity contribution in [2.45, 2.75) is 12.8 Å². The smallest absolute Gasteiger partial charge is 0.261 e. The number of carbonyl (C=O) groups excluding carboxylic acids is 2.